The van der Waals surface area contributed by atoms with Gasteiger partial charge < -0.3 is 0 Å². The van der Waals surface area contributed by atoms with Gasteiger partial charge in [-0.1, -0.05) is 122 Å². The van der Waals surface area contributed by atoms with Gasteiger partial charge in [-0.05, 0) is 56.5 Å². The summed E-state index contributed by atoms with van der Waals surface area (Å²) < 4.78 is 1.11. The van der Waals surface area contributed by atoms with E-state index in [1.54, 1.807) is 0 Å². The molecule has 0 nitrogen and oxygen atoms in total. The Labute approximate surface area is 187 Å². The largest absolute Gasteiger partial charge is 0.0716 e. The summed E-state index contributed by atoms with van der Waals surface area (Å²) in [5.41, 5.74) is 9.11. The molecule has 30 heavy (non-hydrogen) atoms. The molecule has 0 N–H and O–H groups in total. The van der Waals surface area contributed by atoms with E-state index in [1.165, 1.54) is 38.9 Å². The minimum absolute atomic E-state index is 0.0298. The molecule has 0 radical (unpaired) electrons. The van der Waals surface area contributed by atoms with Crippen LogP contribution in [0.15, 0.2) is 102 Å². The Kier molecular flexibility index (Phi) is 4.48. The fraction of sp³-hybridized carbons (Fsp3) is 0.172. The van der Waals surface area contributed by atoms with Crippen LogP contribution in [0.1, 0.15) is 48.6 Å². The first-order chi connectivity index (χ1) is 14.4. The molecule has 1 aliphatic carbocycles. The lowest BCUT2D eigenvalue weighted by Crippen LogP contribution is -2.32. The topological polar surface area (TPSA) is 0 Å². The van der Waals surface area contributed by atoms with Crippen molar-refractivity contribution in [1.82, 2.24) is 0 Å². The molecule has 1 unspecified atom stereocenters. The van der Waals surface area contributed by atoms with Gasteiger partial charge in [0.05, 0.1) is 5.41 Å². The molecule has 0 saturated heterocycles. The van der Waals surface area contributed by atoms with E-state index in [4.69, 9.17) is 0 Å². The van der Waals surface area contributed by atoms with Crippen LogP contribution in [0.2, 0.25) is 0 Å². The first-order valence-corrected chi connectivity index (χ1v) is 11.3. The highest BCUT2D eigenvalue weighted by Gasteiger charge is 2.47. The Morgan fingerprint density at radius 1 is 0.600 bits per heavy atom. The average molecular weight is 453 g/mol. The van der Waals surface area contributed by atoms with Crippen LogP contribution in [0.4, 0.5) is 0 Å². The number of benzene rings is 4. The number of hydrogen-bond donors (Lipinski definition) is 0. The highest BCUT2D eigenvalue weighted by Crippen LogP contribution is 2.57. The van der Waals surface area contributed by atoms with Crippen LogP contribution in [0.3, 0.4) is 0 Å². The van der Waals surface area contributed by atoms with Gasteiger partial charge in [-0.15, -0.1) is 0 Å². The predicted molar refractivity (Wildman–Crippen MR) is 130 cm³/mol. The van der Waals surface area contributed by atoms with Crippen molar-refractivity contribution in [2.24, 2.45) is 0 Å². The third-order valence-corrected chi connectivity index (χ3v) is 6.85. The lowest BCUT2D eigenvalue weighted by atomic mass is 9.64. The van der Waals surface area contributed by atoms with E-state index in [0.717, 1.165) is 4.47 Å². The van der Waals surface area contributed by atoms with Crippen molar-refractivity contribution in [2.75, 3.05) is 0 Å². The molecule has 1 aliphatic rings. The van der Waals surface area contributed by atoms with Crippen molar-refractivity contribution in [3.8, 4) is 11.1 Å². The molecule has 0 aromatic heterocycles. The van der Waals surface area contributed by atoms with Crippen LogP contribution in [0.25, 0.3) is 11.1 Å². The van der Waals surface area contributed by atoms with Gasteiger partial charge in [0.15, 0.2) is 0 Å². The van der Waals surface area contributed by atoms with Gasteiger partial charge in [0.25, 0.3) is 0 Å². The maximum absolute atomic E-state index is 3.76. The smallest absolute Gasteiger partial charge is 0.0622 e. The first kappa shape index (κ1) is 19.3. The quantitative estimate of drug-likeness (QED) is 0.253. The Balaban J connectivity index is 2.01. The zero-order chi connectivity index (χ0) is 20.9. The van der Waals surface area contributed by atoms with E-state index in [-0.39, 0.29) is 10.8 Å². The molecular formula is C29H25Br. The van der Waals surface area contributed by atoms with Crippen LogP contribution < -0.4 is 0 Å². The monoisotopic (exact) mass is 452 g/mol. The van der Waals surface area contributed by atoms with Crippen LogP contribution in [0, 0.1) is 0 Å². The number of hydrogen-bond acceptors (Lipinski definition) is 0. The fourth-order valence-electron chi connectivity index (χ4n) is 5.16. The van der Waals surface area contributed by atoms with Gasteiger partial charge in [0, 0.05) is 4.47 Å². The summed E-state index contributed by atoms with van der Waals surface area (Å²) in [4.78, 5) is 0. The summed E-state index contributed by atoms with van der Waals surface area (Å²) in [5.74, 6) is 0. The van der Waals surface area contributed by atoms with Gasteiger partial charge in [-0.3, -0.25) is 0 Å². The van der Waals surface area contributed by atoms with Gasteiger partial charge in [0.1, 0.15) is 0 Å². The van der Waals surface area contributed by atoms with E-state index < -0.39 is 0 Å². The summed E-state index contributed by atoms with van der Waals surface area (Å²) in [6.45, 7) is 6.94. The Morgan fingerprint density at radius 2 is 1.20 bits per heavy atom. The van der Waals surface area contributed by atoms with E-state index in [0.29, 0.717) is 0 Å². The van der Waals surface area contributed by atoms with Crippen LogP contribution in [0.5, 0.6) is 0 Å². The van der Waals surface area contributed by atoms with E-state index in [1.807, 2.05) is 0 Å². The molecule has 0 fully saturated rings. The maximum atomic E-state index is 3.76. The molecule has 4 aromatic carbocycles. The fourth-order valence-corrected chi connectivity index (χ4v) is 5.52. The van der Waals surface area contributed by atoms with Crippen molar-refractivity contribution >= 4 is 15.9 Å². The van der Waals surface area contributed by atoms with Crippen LogP contribution >= 0.6 is 15.9 Å². The molecule has 4 aromatic rings. The molecular weight excluding hydrogens is 428 g/mol. The Hall–Kier alpha value is -2.64. The Morgan fingerprint density at radius 3 is 1.93 bits per heavy atom. The van der Waals surface area contributed by atoms with Crippen molar-refractivity contribution in [1.29, 1.82) is 0 Å². The van der Waals surface area contributed by atoms with E-state index in [2.05, 4.69) is 134 Å². The molecule has 1 atom stereocenters. The summed E-state index contributed by atoms with van der Waals surface area (Å²) in [5, 5.41) is 0. The molecule has 0 heterocycles. The summed E-state index contributed by atoms with van der Waals surface area (Å²) in [6, 6.07) is 35.7. The maximum Gasteiger partial charge on any atom is 0.0716 e. The van der Waals surface area contributed by atoms with Crippen molar-refractivity contribution in [3.63, 3.8) is 0 Å². The zero-order valence-corrected chi connectivity index (χ0v) is 19.2. The number of rotatable bonds is 2. The summed E-state index contributed by atoms with van der Waals surface area (Å²) >= 11 is 3.76. The standard InChI is InChI=1S/C29H25Br/c1-28(2,3)25-15-9-10-16-26(25)29(20-11-5-4-6-12-20)24-14-8-7-13-22(24)23-18-17-21(30)19-27(23)29/h4-19H,1-3H3. The minimum atomic E-state index is -0.346. The van der Waals surface area contributed by atoms with Gasteiger partial charge >= 0.3 is 0 Å². The molecule has 0 spiro atoms. The predicted octanol–water partition coefficient (Wildman–Crippen LogP) is 8.11. The summed E-state index contributed by atoms with van der Waals surface area (Å²) in [6.07, 6.45) is 0. The molecule has 0 saturated carbocycles. The van der Waals surface area contributed by atoms with E-state index in [9.17, 15) is 0 Å². The van der Waals surface area contributed by atoms with Gasteiger partial charge in [-0.2, -0.15) is 0 Å². The number of halogens is 1. The number of fused-ring (bicyclic) bond motifs is 3. The van der Waals surface area contributed by atoms with Crippen molar-refractivity contribution < 1.29 is 0 Å². The second kappa shape index (κ2) is 6.96. The van der Waals surface area contributed by atoms with Crippen LogP contribution in [-0.2, 0) is 10.8 Å². The molecule has 1 heteroatoms. The third-order valence-electron chi connectivity index (χ3n) is 6.35. The summed E-state index contributed by atoms with van der Waals surface area (Å²) in [7, 11) is 0. The molecule has 0 aliphatic heterocycles. The highest BCUT2D eigenvalue weighted by molar-refractivity contribution is 9.10. The van der Waals surface area contributed by atoms with Crippen molar-refractivity contribution in [3.05, 3.63) is 129 Å². The molecule has 0 bridgehead atoms. The minimum Gasteiger partial charge on any atom is -0.0622 e. The Bertz CT molecular complexity index is 1230. The zero-order valence-electron chi connectivity index (χ0n) is 17.6. The van der Waals surface area contributed by atoms with Gasteiger partial charge in [-0.25, -0.2) is 0 Å². The molecule has 5 rings (SSSR count). The average Bonchev–Trinajstić information content (AvgIpc) is 3.04. The van der Waals surface area contributed by atoms with E-state index >= 15 is 0 Å². The second-order valence-corrected chi connectivity index (χ2v) is 10.1. The van der Waals surface area contributed by atoms with Crippen molar-refractivity contribution in [2.45, 2.75) is 31.6 Å². The molecule has 148 valence electrons. The lowest BCUT2D eigenvalue weighted by Gasteiger charge is -2.38. The second-order valence-electron chi connectivity index (χ2n) is 9.15. The normalized spacial score (nSPS) is 17.5. The van der Waals surface area contributed by atoms with Crippen LogP contribution in [-0.4, -0.2) is 0 Å². The highest BCUT2D eigenvalue weighted by atomic mass is 79.9. The third kappa shape index (κ3) is 2.72. The lowest BCUT2D eigenvalue weighted by molar-refractivity contribution is 0.570. The van der Waals surface area contributed by atoms with Gasteiger partial charge in [0.2, 0.25) is 0 Å². The SMILES string of the molecule is CC(C)(C)c1ccccc1C1(c2ccccc2)c2ccccc2-c2ccc(Br)cc21. The molecule has 0 amide bonds. The first-order valence-electron chi connectivity index (χ1n) is 10.5.